The third kappa shape index (κ3) is 3.48. The van der Waals surface area contributed by atoms with Gasteiger partial charge in [-0.3, -0.25) is 0 Å². The molecule has 0 amide bonds. The fraction of sp³-hybridized carbons (Fsp3) is 0.308. The highest BCUT2D eigenvalue weighted by Gasteiger charge is 2.13. The molecule has 1 aromatic carbocycles. The molecule has 0 aliphatic carbocycles. The van der Waals surface area contributed by atoms with E-state index in [9.17, 15) is 8.78 Å². The standard InChI is InChI=1S/C13H14F2N2OS/c1-8-7-19-12(17-8)6-18-13-10(14)3-9(5-16-2)4-11(13)15/h3-4,7,16H,5-6H2,1-2H3. The summed E-state index contributed by atoms with van der Waals surface area (Å²) in [6, 6.07) is 2.53. The van der Waals surface area contributed by atoms with Crippen molar-refractivity contribution in [2.75, 3.05) is 7.05 Å². The Balaban J connectivity index is 2.11. The summed E-state index contributed by atoms with van der Waals surface area (Å²) in [6.07, 6.45) is 0. The number of ether oxygens (including phenoxy) is 1. The minimum atomic E-state index is -0.696. The molecule has 0 unspecified atom stereocenters. The van der Waals surface area contributed by atoms with Gasteiger partial charge in [0, 0.05) is 17.6 Å². The minimum Gasteiger partial charge on any atom is -0.480 e. The zero-order valence-corrected chi connectivity index (χ0v) is 11.5. The first-order valence-corrected chi connectivity index (χ1v) is 6.64. The molecule has 0 fully saturated rings. The molecule has 1 heterocycles. The Kier molecular flexibility index (Phi) is 4.44. The molecule has 0 atom stereocenters. The van der Waals surface area contributed by atoms with Gasteiger partial charge in [0.1, 0.15) is 11.6 Å². The summed E-state index contributed by atoms with van der Waals surface area (Å²) in [5, 5.41) is 5.39. The number of thiazole rings is 1. The second kappa shape index (κ2) is 6.08. The van der Waals surface area contributed by atoms with Crippen LogP contribution in [0.2, 0.25) is 0 Å². The summed E-state index contributed by atoms with van der Waals surface area (Å²) in [5.74, 6) is -1.75. The zero-order valence-electron chi connectivity index (χ0n) is 10.7. The van der Waals surface area contributed by atoms with Crippen LogP contribution in [0.3, 0.4) is 0 Å². The van der Waals surface area contributed by atoms with Gasteiger partial charge in [-0.15, -0.1) is 11.3 Å². The Morgan fingerprint density at radius 2 is 2.00 bits per heavy atom. The van der Waals surface area contributed by atoms with Gasteiger partial charge >= 0.3 is 0 Å². The minimum absolute atomic E-state index is 0.0672. The molecular formula is C13H14F2N2OS. The Morgan fingerprint density at radius 3 is 2.53 bits per heavy atom. The molecule has 2 rings (SSSR count). The van der Waals surface area contributed by atoms with E-state index in [-0.39, 0.29) is 12.4 Å². The van der Waals surface area contributed by atoms with E-state index in [0.29, 0.717) is 17.1 Å². The molecule has 0 aliphatic heterocycles. The van der Waals surface area contributed by atoms with Gasteiger partial charge in [0.05, 0.1) is 0 Å². The van der Waals surface area contributed by atoms with E-state index in [1.165, 1.54) is 23.5 Å². The Hall–Kier alpha value is -1.53. The second-order valence-corrected chi connectivity index (χ2v) is 5.03. The summed E-state index contributed by atoms with van der Waals surface area (Å²) >= 11 is 1.40. The van der Waals surface area contributed by atoms with E-state index in [1.54, 1.807) is 7.05 Å². The number of rotatable bonds is 5. The van der Waals surface area contributed by atoms with Crippen LogP contribution in [0.15, 0.2) is 17.5 Å². The van der Waals surface area contributed by atoms with Crippen LogP contribution in [0.4, 0.5) is 8.78 Å². The lowest BCUT2D eigenvalue weighted by atomic mass is 10.2. The fourth-order valence-electron chi connectivity index (χ4n) is 1.66. The number of hydrogen-bond acceptors (Lipinski definition) is 4. The van der Waals surface area contributed by atoms with Gasteiger partial charge in [-0.2, -0.15) is 0 Å². The van der Waals surface area contributed by atoms with E-state index in [4.69, 9.17) is 4.74 Å². The van der Waals surface area contributed by atoms with Crippen LogP contribution in [-0.4, -0.2) is 12.0 Å². The molecule has 6 heteroatoms. The quantitative estimate of drug-likeness (QED) is 0.916. The van der Waals surface area contributed by atoms with E-state index in [2.05, 4.69) is 10.3 Å². The van der Waals surface area contributed by atoms with Crippen LogP contribution in [0.1, 0.15) is 16.3 Å². The first kappa shape index (κ1) is 13.9. The first-order valence-electron chi connectivity index (χ1n) is 5.76. The van der Waals surface area contributed by atoms with Crippen LogP contribution in [-0.2, 0) is 13.2 Å². The Morgan fingerprint density at radius 1 is 1.32 bits per heavy atom. The Bertz CT molecular complexity index is 549. The second-order valence-electron chi connectivity index (χ2n) is 4.09. The van der Waals surface area contributed by atoms with E-state index >= 15 is 0 Å². The molecule has 0 saturated carbocycles. The molecule has 19 heavy (non-hydrogen) atoms. The maximum Gasteiger partial charge on any atom is 0.191 e. The number of benzene rings is 1. The van der Waals surface area contributed by atoms with E-state index in [0.717, 1.165) is 5.69 Å². The normalized spacial score (nSPS) is 10.7. The van der Waals surface area contributed by atoms with E-state index < -0.39 is 11.6 Å². The van der Waals surface area contributed by atoms with Crippen LogP contribution >= 0.6 is 11.3 Å². The van der Waals surface area contributed by atoms with Gasteiger partial charge in [-0.1, -0.05) is 0 Å². The molecule has 2 aromatic rings. The maximum atomic E-state index is 13.7. The SMILES string of the molecule is CNCc1cc(F)c(OCc2nc(C)cs2)c(F)c1. The largest absolute Gasteiger partial charge is 0.480 e. The lowest BCUT2D eigenvalue weighted by Crippen LogP contribution is -2.07. The average molecular weight is 284 g/mol. The zero-order chi connectivity index (χ0) is 13.8. The maximum absolute atomic E-state index is 13.7. The number of nitrogens with zero attached hydrogens (tertiary/aromatic N) is 1. The lowest BCUT2D eigenvalue weighted by molar-refractivity contribution is 0.273. The fourth-order valence-corrected chi connectivity index (χ4v) is 2.34. The van der Waals surface area contributed by atoms with Crippen molar-refractivity contribution in [3.63, 3.8) is 0 Å². The highest BCUT2D eigenvalue weighted by atomic mass is 32.1. The molecule has 0 bridgehead atoms. The van der Waals surface area contributed by atoms with Crippen molar-refractivity contribution in [2.45, 2.75) is 20.1 Å². The summed E-state index contributed by atoms with van der Waals surface area (Å²) in [7, 11) is 1.71. The average Bonchev–Trinajstić information content (AvgIpc) is 2.74. The summed E-state index contributed by atoms with van der Waals surface area (Å²) in [6.45, 7) is 2.32. The summed E-state index contributed by atoms with van der Waals surface area (Å²) in [5.41, 5.74) is 1.41. The van der Waals surface area contributed by atoms with Crippen molar-refractivity contribution in [3.8, 4) is 5.75 Å². The number of halogens is 2. The van der Waals surface area contributed by atoms with Crippen molar-refractivity contribution >= 4 is 11.3 Å². The third-order valence-electron chi connectivity index (χ3n) is 2.45. The van der Waals surface area contributed by atoms with E-state index in [1.807, 2.05) is 12.3 Å². The Labute approximate surface area is 114 Å². The number of aromatic nitrogens is 1. The topological polar surface area (TPSA) is 34.1 Å². The predicted molar refractivity (Wildman–Crippen MR) is 70.3 cm³/mol. The van der Waals surface area contributed by atoms with Crippen molar-refractivity contribution < 1.29 is 13.5 Å². The van der Waals surface area contributed by atoms with Gasteiger partial charge in [0.15, 0.2) is 17.4 Å². The smallest absolute Gasteiger partial charge is 0.191 e. The summed E-state index contributed by atoms with van der Waals surface area (Å²) < 4.78 is 32.6. The van der Waals surface area contributed by atoms with Crippen LogP contribution in [0.25, 0.3) is 0 Å². The highest BCUT2D eigenvalue weighted by Crippen LogP contribution is 2.24. The van der Waals surface area contributed by atoms with Crippen LogP contribution in [0, 0.1) is 18.6 Å². The molecular weight excluding hydrogens is 270 g/mol. The summed E-state index contributed by atoms with van der Waals surface area (Å²) in [4.78, 5) is 4.17. The van der Waals surface area contributed by atoms with Crippen molar-refractivity contribution in [1.29, 1.82) is 0 Å². The first-order chi connectivity index (χ1) is 9.10. The van der Waals surface area contributed by atoms with Crippen molar-refractivity contribution in [3.05, 3.63) is 45.4 Å². The van der Waals surface area contributed by atoms with Gasteiger partial charge in [0.2, 0.25) is 0 Å². The molecule has 102 valence electrons. The molecule has 1 aromatic heterocycles. The number of aryl methyl sites for hydroxylation is 1. The van der Waals surface area contributed by atoms with Gasteiger partial charge in [-0.05, 0) is 31.7 Å². The van der Waals surface area contributed by atoms with Gasteiger partial charge < -0.3 is 10.1 Å². The molecule has 0 spiro atoms. The predicted octanol–water partition coefficient (Wildman–Crippen LogP) is 3.03. The molecule has 0 aliphatic rings. The number of hydrogen-bond donors (Lipinski definition) is 1. The van der Waals surface area contributed by atoms with Gasteiger partial charge in [-0.25, -0.2) is 13.8 Å². The lowest BCUT2D eigenvalue weighted by Gasteiger charge is -2.09. The molecule has 0 saturated heterocycles. The van der Waals surface area contributed by atoms with Crippen LogP contribution < -0.4 is 10.1 Å². The van der Waals surface area contributed by atoms with Gasteiger partial charge in [0.25, 0.3) is 0 Å². The molecule has 0 radical (unpaired) electrons. The monoisotopic (exact) mass is 284 g/mol. The number of nitrogens with one attached hydrogen (secondary N) is 1. The van der Waals surface area contributed by atoms with Crippen molar-refractivity contribution in [1.82, 2.24) is 10.3 Å². The molecule has 3 nitrogen and oxygen atoms in total. The molecule has 1 N–H and O–H groups in total. The van der Waals surface area contributed by atoms with Crippen molar-refractivity contribution in [2.24, 2.45) is 0 Å². The van der Waals surface area contributed by atoms with Crippen LogP contribution in [0.5, 0.6) is 5.75 Å². The highest BCUT2D eigenvalue weighted by molar-refractivity contribution is 7.09. The third-order valence-corrected chi connectivity index (χ3v) is 3.39.